The number of aromatic nitrogens is 2. The van der Waals surface area contributed by atoms with Gasteiger partial charge in [-0.1, -0.05) is 16.8 Å². The molecule has 0 aliphatic rings. The third-order valence-electron chi connectivity index (χ3n) is 4.49. The van der Waals surface area contributed by atoms with E-state index >= 15 is 0 Å². The summed E-state index contributed by atoms with van der Waals surface area (Å²) in [5.41, 5.74) is 1.52. The number of nitrogens with zero attached hydrogens (tertiary/aromatic N) is 2. The van der Waals surface area contributed by atoms with Gasteiger partial charge in [0, 0.05) is 23.7 Å². The third-order valence-corrected chi connectivity index (χ3v) is 4.72. The Labute approximate surface area is 190 Å². The van der Waals surface area contributed by atoms with E-state index in [9.17, 15) is 9.59 Å². The number of hydrogen-bond acceptors (Lipinski definition) is 7. The van der Waals surface area contributed by atoms with E-state index in [0.29, 0.717) is 22.1 Å². The molecule has 2 amide bonds. The molecule has 0 saturated carbocycles. The number of ether oxygens (including phenoxy) is 2. The summed E-state index contributed by atoms with van der Waals surface area (Å²) in [7, 11) is 1.57. The van der Waals surface area contributed by atoms with Crippen LogP contribution in [0.4, 0.5) is 0 Å². The highest BCUT2D eigenvalue weighted by atomic mass is 35.5. The van der Waals surface area contributed by atoms with Crippen LogP contribution < -0.4 is 20.1 Å². The lowest BCUT2D eigenvalue weighted by Gasteiger charge is -2.16. The van der Waals surface area contributed by atoms with Crippen molar-refractivity contribution in [2.45, 2.75) is 20.0 Å². The number of carbonyl (C=O) groups is 2. The number of aryl methyl sites for hydroxylation is 1. The molecule has 0 bridgehead atoms. The van der Waals surface area contributed by atoms with Gasteiger partial charge in [0.25, 0.3) is 5.91 Å². The van der Waals surface area contributed by atoms with Gasteiger partial charge < -0.3 is 24.6 Å². The highest BCUT2D eigenvalue weighted by Crippen LogP contribution is 2.23. The van der Waals surface area contributed by atoms with Gasteiger partial charge >= 0.3 is 11.8 Å². The molecule has 1 heterocycles. The van der Waals surface area contributed by atoms with Crippen LogP contribution in [-0.2, 0) is 4.79 Å². The molecule has 1 aromatic heterocycles. The Kier molecular flexibility index (Phi) is 7.67. The van der Waals surface area contributed by atoms with Gasteiger partial charge in [-0.15, -0.1) is 0 Å². The van der Waals surface area contributed by atoms with E-state index in [0.717, 1.165) is 5.56 Å². The molecule has 9 nitrogen and oxygen atoms in total. The van der Waals surface area contributed by atoms with E-state index < -0.39 is 12.0 Å². The number of halogens is 1. The van der Waals surface area contributed by atoms with Gasteiger partial charge in [-0.3, -0.25) is 9.59 Å². The van der Waals surface area contributed by atoms with E-state index in [1.54, 1.807) is 56.5 Å². The highest BCUT2D eigenvalue weighted by Gasteiger charge is 2.17. The lowest BCUT2D eigenvalue weighted by molar-refractivity contribution is -0.127. The lowest BCUT2D eigenvalue weighted by Crippen LogP contribution is -2.40. The average molecular weight is 459 g/mol. The fraction of sp³-hybridized carbons (Fsp3) is 0.273. The van der Waals surface area contributed by atoms with Crippen LogP contribution in [0.5, 0.6) is 11.5 Å². The minimum absolute atomic E-state index is 0.169. The van der Waals surface area contributed by atoms with Crippen LogP contribution in [0.15, 0.2) is 47.0 Å². The molecule has 168 valence electrons. The predicted octanol–water partition coefficient (Wildman–Crippen LogP) is 3.02. The molecule has 0 aliphatic heterocycles. The first-order chi connectivity index (χ1) is 15.4. The summed E-state index contributed by atoms with van der Waals surface area (Å²) in [6.45, 7) is 3.87. The van der Waals surface area contributed by atoms with Gasteiger partial charge in [0.2, 0.25) is 5.82 Å². The van der Waals surface area contributed by atoms with Crippen LogP contribution in [0.2, 0.25) is 5.02 Å². The van der Waals surface area contributed by atoms with Crippen LogP contribution in [0.25, 0.3) is 11.4 Å². The zero-order valence-corrected chi connectivity index (χ0v) is 18.6. The number of carbonyl (C=O) groups excluding carboxylic acids is 2. The summed E-state index contributed by atoms with van der Waals surface area (Å²) in [6, 6.07) is 12.2. The first-order valence-corrected chi connectivity index (χ1v) is 10.2. The molecule has 2 aromatic carbocycles. The molecule has 1 atom stereocenters. The second-order valence-electron chi connectivity index (χ2n) is 6.87. The van der Waals surface area contributed by atoms with Crippen molar-refractivity contribution in [1.82, 2.24) is 20.8 Å². The standard InChI is InChI=1S/C22H23ClN4O5/c1-13-12-16(23)6-9-18(13)31-14(2)20(28)24-10-11-25-21(29)22-26-19(27-32-22)15-4-7-17(30-3)8-5-15/h4-9,12,14H,10-11H2,1-3H3,(H,24,28)(H,25,29). The summed E-state index contributed by atoms with van der Waals surface area (Å²) in [5, 5.41) is 9.72. The van der Waals surface area contributed by atoms with Crippen molar-refractivity contribution in [3.8, 4) is 22.9 Å². The molecule has 3 aromatic rings. The molecule has 2 N–H and O–H groups in total. The van der Waals surface area contributed by atoms with Crippen molar-refractivity contribution in [2.75, 3.05) is 20.2 Å². The fourth-order valence-corrected chi connectivity index (χ4v) is 2.97. The summed E-state index contributed by atoms with van der Waals surface area (Å²) in [5.74, 6) is 0.544. The SMILES string of the molecule is COc1ccc(-c2noc(C(=O)NCCNC(=O)C(C)Oc3ccc(Cl)cc3C)n2)cc1. The zero-order valence-electron chi connectivity index (χ0n) is 17.8. The van der Waals surface area contributed by atoms with Crippen molar-refractivity contribution in [3.63, 3.8) is 0 Å². The van der Waals surface area contributed by atoms with E-state index in [1.807, 2.05) is 6.92 Å². The molecule has 0 fully saturated rings. The van der Waals surface area contributed by atoms with Crippen molar-refractivity contribution in [1.29, 1.82) is 0 Å². The molecular weight excluding hydrogens is 436 g/mol. The molecule has 1 unspecified atom stereocenters. The summed E-state index contributed by atoms with van der Waals surface area (Å²) >= 11 is 5.93. The number of nitrogens with one attached hydrogen (secondary N) is 2. The lowest BCUT2D eigenvalue weighted by atomic mass is 10.2. The quantitative estimate of drug-likeness (QED) is 0.473. The highest BCUT2D eigenvalue weighted by molar-refractivity contribution is 6.30. The van der Waals surface area contributed by atoms with E-state index in [1.165, 1.54) is 0 Å². The second-order valence-corrected chi connectivity index (χ2v) is 7.30. The van der Waals surface area contributed by atoms with Crippen LogP contribution >= 0.6 is 11.6 Å². The van der Waals surface area contributed by atoms with Gasteiger partial charge in [0.05, 0.1) is 7.11 Å². The van der Waals surface area contributed by atoms with E-state index in [4.69, 9.17) is 25.6 Å². The monoisotopic (exact) mass is 458 g/mol. The molecule has 0 spiro atoms. The van der Waals surface area contributed by atoms with Gasteiger partial charge in [-0.25, -0.2) is 0 Å². The molecule has 0 aliphatic carbocycles. The average Bonchev–Trinajstić information content (AvgIpc) is 3.28. The Morgan fingerprint density at radius 2 is 1.84 bits per heavy atom. The molecule has 32 heavy (non-hydrogen) atoms. The maximum Gasteiger partial charge on any atom is 0.316 e. The van der Waals surface area contributed by atoms with Crippen molar-refractivity contribution in [3.05, 3.63) is 58.9 Å². The van der Waals surface area contributed by atoms with Gasteiger partial charge in [0.15, 0.2) is 6.10 Å². The Bertz CT molecular complexity index is 1080. The smallest absolute Gasteiger partial charge is 0.316 e. The van der Waals surface area contributed by atoms with Crippen LogP contribution in [0, 0.1) is 6.92 Å². The minimum Gasteiger partial charge on any atom is -0.497 e. The van der Waals surface area contributed by atoms with Crippen molar-refractivity contribution < 1.29 is 23.6 Å². The summed E-state index contributed by atoms with van der Waals surface area (Å²) < 4.78 is 15.8. The molecular formula is C22H23ClN4O5. The topological polar surface area (TPSA) is 116 Å². The molecule has 0 saturated heterocycles. The van der Waals surface area contributed by atoms with Crippen LogP contribution in [0.1, 0.15) is 23.2 Å². The first-order valence-electron chi connectivity index (χ1n) is 9.84. The number of benzene rings is 2. The molecule has 10 heteroatoms. The van der Waals surface area contributed by atoms with E-state index in [2.05, 4.69) is 20.8 Å². The Morgan fingerprint density at radius 3 is 2.53 bits per heavy atom. The Balaban J connectivity index is 1.43. The second kappa shape index (κ2) is 10.6. The molecule has 3 rings (SSSR count). The van der Waals surface area contributed by atoms with Gasteiger partial charge in [0.1, 0.15) is 11.5 Å². The van der Waals surface area contributed by atoms with Crippen molar-refractivity contribution >= 4 is 23.4 Å². The van der Waals surface area contributed by atoms with Gasteiger partial charge in [-0.05, 0) is 61.9 Å². The number of hydrogen-bond donors (Lipinski definition) is 2. The number of amides is 2. The van der Waals surface area contributed by atoms with Gasteiger partial charge in [-0.2, -0.15) is 4.98 Å². The maximum atomic E-state index is 12.2. The zero-order chi connectivity index (χ0) is 23.1. The fourth-order valence-electron chi connectivity index (χ4n) is 2.74. The Hall–Kier alpha value is -3.59. The normalized spacial score (nSPS) is 11.5. The maximum absolute atomic E-state index is 12.2. The van der Waals surface area contributed by atoms with Crippen molar-refractivity contribution in [2.24, 2.45) is 0 Å². The summed E-state index contributed by atoms with van der Waals surface area (Å²) in [6.07, 6.45) is -0.714. The third kappa shape index (κ3) is 5.98. The summed E-state index contributed by atoms with van der Waals surface area (Å²) in [4.78, 5) is 28.5. The predicted molar refractivity (Wildman–Crippen MR) is 118 cm³/mol. The van der Waals surface area contributed by atoms with E-state index in [-0.39, 0.29) is 30.7 Å². The van der Waals surface area contributed by atoms with Crippen LogP contribution in [-0.4, -0.2) is 48.3 Å². The Morgan fingerprint density at radius 1 is 1.12 bits per heavy atom. The number of rotatable bonds is 9. The minimum atomic E-state index is -0.714. The largest absolute Gasteiger partial charge is 0.497 e. The number of methoxy groups -OCH3 is 1. The first kappa shape index (κ1) is 23.1. The molecule has 0 radical (unpaired) electrons. The van der Waals surface area contributed by atoms with Crippen LogP contribution in [0.3, 0.4) is 0 Å².